The third kappa shape index (κ3) is 3.55. The van der Waals surface area contributed by atoms with Gasteiger partial charge in [-0.05, 0) is 32.9 Å². The zero-order valence-corrected chi connectivity index (χ0v) is 11.9. The van der Waals surface area contributed by atoms with E-state index in [-0.39, 0.29) is 22.0 Å². The summed E-state index contributed by atoms with van der Waals surface area (Å²) < 4.78 is 19.0. The first-order valence-electron chi connectivity index (χ1n) is 6.00. The van der Waals surface area contributed by atoms with Crippen molar-refractivity contribution in [3.05, 3.63) is 41.0 Å². The smallest absolute Gasteiger partial charge is 0.230 e. The van der Waals surface area contributed by atoms with Crippen LogP contribution in [0.25, 0.3) is 11.5 Å². The van der Waals surface area contributed by atoms with E-state index in [1.54, 1.807) is 12.1 Å². The Morgan fingerprint density at radius 3 is 2.74 bits per heavy atom. The molecule has 2 aromatic rings. The summed E-state index contributed by atoms with van der Waals surface area (Å²) in [7, 11) is 0. The van der Waals surface area contributed by atoms with Gasteiger partial charge >= 0.3 is 0 Å². The van der Waals surface area contributed by atoms with Crippen molar-refractivity contribution in [2.24, 2.45) is 0 Å². The molecule has 3 nitrogen and oxygen atoms in total. The van der Waals surface area contributed by atoms with Gasteiger partial charge in [-0.3, -0.25) is 0 Å². The zero-order valence-electron chi connectivity index (χ0n) is 11.1. The fraction of sp³-hybridized carbons (Fsp3) is 0.357. The summed E-state index contributed by atoms with van der Waals surface area (Å²) in [6.07, 6.45) is 1.51. The lowest BCUT2D eigenvalue weighted by Crippen LogP contribution is -2.35. The van der Waals surface area contributed by atoms with Crippen LogP contribution in [0.5, 0.6) is 0 Å². The average molecular weight is 283 g/mol. The summed E-state index contributed by atoms with van der Waals surface area (Å²) >= 11 is 5.97. The van der Waals surface area contributed by atoms with Crippen LogP contribution in [0.15, 0.2) is 28.9 Å². The van der Waals surface area contributed by atoms with Crippen LogP contribution in [0.4, 0.5) is 4.39 Å². The summed E-state index contributed by atoms with van der Waals surface area (Å²) in [5.41, 5.74) is 0.893. The first-order chi connectivity index (χ1) is 8.87. The molecule has 1 aromatic heterocycles. The fourth-order valence-corrected chi connectivity index (χ4v) is 1.80. The maximum absolute atomic E-state index is 13.7. The van der Waals surface area contributed by atoms with E-state index < -0.39 is 5.82 Å². The quantitative estimate of drug-likeness (QED) is 0.924. The molecule has 0 unspecified atom stereocenters. The number of aromatic nitrogens is 1. The molecule has 19 heavy (non-hydrogen) atoms. The van der Waals surface area contributed by atoms with Crippen molar-refractivity contribution in [3.8, 4) is 11.5 Å². The van der Waals surface area contributed by atoms with Crippen LogP contribution in [0.1, 0.15) is 26.5 Å². The highest BCUT2D eigenvalue weighted by Crippen LogP contribution is 2.29. The normalized spacial score (nSPS) is 11.8. The summed E-state index contributed by atoms with van der Waals surface area (Å²) in [4.78, 5) is 4.25. The molecule has 0 atom stereocenters. The molecule has 0 aliphatic carbocycles. The van der Waals surface area contributed by atoms with Crippen molar-refractivity contribution >= 4 is 11.6 Å². The van der Waals surface area contributed by atoms with Crippen LogP contribution in [0.2, 0.25) is 5.02 Å². The van der Waals surface area contributed by atoms with Crippen molar-refractivity contribution in [1.29, 1.82) is 0 Å². The average Bonchev–Trinajstić information content (AvgIpc) is 2.74. The van der Waals surface area contributed by atoms with E-state index in [1.807, 2.05) is 0 Å². The SMILES string of the molecule is CC(C)(C)NCc1coc(-c2c(F)cccc2Cl)n1. The van der Waals surface area contributed by atoms with Crippen molar-refractivity contribution in [2.75, 3.05) is 0 Å². The summed E-state index contributed by atoms with van der Waals surface area (Å²) in [5.74, 6) is -0.238. The molecule has 1 aromatic carbocycles. The maximum atomic E-state index is 13.7. The Bertz CT molecular complexity index is 555. The molecule has 2 rings (SSSR count). The summed E-state index contributed by atoms with van der Waals surface area (Å²) in [6, 6.07) is 4.49. The van der Waals surface area contributed by atoms with E-state index in [1.165, 1.54) is 12.3 Å². The molecule has 0 saturated carbocycles. The van der Waals surface area contributed by atoms with Gasteiger partial charge in [-0.15, -0.1) is 0 Å². The predicted octanol–water partition coefficient (Wildman–Crippen LogP) is 4.02. The number of hydrogen-bond acceptors (Lipinski definition) is 3. The van der Waals surface area contributed by atoms with E-state index in [4.69, 9.17) is 16.0 Å². The van der Waals surface area contributed by atoms with Crippen LogP contribution in [0, 0.1) is 5.82 Å². The zero-order chi connectivity index (χ0) is 14.0. The Hall–Kier alpha value is -1.39. The van der Waals surface area contributed by atoms with Gasteiger partial charge in [0.1, 0.15) is 12.1 Å². The van der Waals surface area contributed by atoms with Gasteiger partial charge in [0.05, 0.1) is 16.3 Å². The van der Waals surface area contributed by atoms with Crippen LogP contribution < -0.4 is 5.32 Å². The van der Waals surface area contributed by atoms with E-state index >= 15 is 0 Å². The monoisotopic (exact) mass is 282 g/mol. The van der Waals surface area contributed by atoms with Crippen molar-refractivity contribution in [3.63, 3.8) is 0 Å². The van der Waals surface area contributed by atoms with E-state index in [9.17, 15) is 4.39 Å². The summed E-state index contributed by atoms with van der Waals surface area (Å²) in [6.45, 7) is 6.73. The van der Waals surface area contributed by atoms with E-state index in [2.05, 4.69) is 31.1 Å². The second kappa shape index (κ2) is 5.31. The third-order valence-electron chi connectivity index (χ3n) is 2.53. The number of nitrogens with one attached hydrogen (secondary N) is 1. The molecule has 0 saturated heterocycles. The number of oxazole rings is 1. The molecule has 0 bridgehead atoms. The second-order valence-corrected chi connectivity index (χ2v) is 5.75. The highest BCUT2D eigenvalue weighted by Gasteiger charge is 2.16. The predicted molar refractivity (Wildman–Crippen MR) is 73.5 cm³/mol. The molecular formula is C14H16ClFN2O. The lowest BCUT2D eigenvalue weighted by Gasteiger charge is -2.19. The van der Waals surface area contributed by atoms with Gasteiger partial charge in [0.25, 0.3) is 0 Å². The Balaban J connectivity index is 2.22. The molecule has 5 heteroatoms. The number of halogens is 2. The molecule has 0 radical (unpaired) electrons. The van der Waals surface area contributed by atoms with E-state index in [0.717, 1.165) is 0 Å². The van der Waals surface area contributed by atoms with Gasteiger partial charge in [-0.25, -0.2) is 9.37 Å². The van der Waals surface area contributed by atoms with Gasteiger partial charge in [0, 0.05) is 12.1 Å². The standard InChI is InChI=1S/C14H16ClFN2O/c1-14(2,3)17-7-9-8-19-13(18-9)12-10(15)5-4-6-11(12)16/h4-6,8,17H,7H2,1-3H3. The molecule has 0 fully saturated rings. The first-order valence-corrected chi connectivity index (χ1v) is 6.38. The van der Waals surface area contributed by atoms with Crippen LogP contribution in [-0.4, -0.2) is 10.5 Å². The minimum Gasteiger partial charge on any atom is -0.444 e. The molecule has 0 aliphatic rings. The van der Waals surface area contributed by atoms with Gasteiger partial charge in [-0.2, -0.15) is 0 Å². The summed E-state index contributed by atoms with van der Waals surface area (Å²) in [5, 5.41) is 3.57. The Morgan fingerprint density at radius 2 is 2.11 bits per heavy atom. The van der Waals surface area contributed by atoms with Crippen LogP contribution in [-0.2, 0) is 6.54 Å². The minimum atomic E-state index is -0.440. The highest BCUT2D eigenvalue weighted by atomic mass is 35.5. The van der Waals surface area contributed by atoms with Crippen molar-refractivity contribution < 1.29 is 8.81 Å². The fourth-order valence-electron chi connectivity index (χ4n) is 1.56. The van der Waals surface area contributed by atoms with Gasteiger partial charge in [-0.1, -0.05) is 17.7 Å². The number of nitrogens with zero attached hydrogens (tertiary/aromatic N) is 1. The second-order valence-electron chi connectivity index (χ2n) is 5.34. The molecule has 1 N–H and O–H groups in total. The Morgan fingerprint density at radius 1 is 1.37 bits per heavy atom. The Labute approximate surface area is 116 Å². The third-order valence-corrected chi connectivity index (χ3v) is 2.84. The number of hydrogen-bond donors (Lipinski definition) is 1. The van der Waals surface area contributed by atoms with E-state index in [0.29, 0.717) is 12.2 Å². The largest absolute Gasteiger partial charge is 0.444 e. The molecule has 0 spiro atoms. The molecule has 1 heterocycles. The van der Waals surface area contributed by atoms with Crippen molar-refractivity contribution in [1.82, 2.24) is 10.3 Å². The van der Waals surface area contributed by atoms with Gasteiger partial charge < -0.3 is 9.73 Å². The van der Waals surface area contributed by atoms with Gasteiger partial charge in [0.15, 0.2) is 0 Å². The minimum absolute atomic E-state index is 0.0191. The number of benzene rings is 1. The molecular weight excluding hydrogens is 267 g/mol. The van der Waals surface area contributed by atoms with Crippen LogP contribution in [0.3, 0.4) is 0 Å². The van der Waals surface area contributed by atoms with Crippen LogP contribution >= 0.6 is 11.6 Å². The molecule has 102 valence electrons. The lowest BCUT2D eigenvalue weighted by atomic mass is 10.1. The first kappa shape index (κ1) is 14.0. The molecule has 0 amide bonds. The maximum Gasteiger partial charge on any atom is 0.230 e. The van der Waals surface area contributed by atoms with Gasteiger partial charge in [0.2, 0.25) is 5.89 Å². The highest BCUT2D eigenvalue weighted by molar-refractivity contribution is 6.33. The van der Waals surface area contributed by atoms with Crippen molar-refractivity contribution in [2.45, 2.75) is 32.9 Å². The Kier molecular flexibility index (Phi) is 3.92. The molecule has 0 aliphatic heterocycles. The number of rotatable bonds is 3. The topological polar surface area (TPSA) is 38.1 Å². The lowest BCUT2D eigenvalue weighted by molar-refractivity contribution is 0.421.